The van der Waals surface area contributed by atoms with Crippen molar-refractivity contribution in [1.82, 2.24) is 0 Å². The SMILES string of the molecule is C=CC(=O)OC(C)Oc1ccc(C(CC)c2ccc(OC(C)OC(=O)C=C)cc2OCC)c(OCC)c1. The monoisotopic (exact) mass is 512 g/mol. The first-order chi connectivity index (χ1) is 17.8. The van der Waals surface area contributed by atoms with Gasteiger partial charge in [-0.3, -0.25) is 0 Å². The maximum Gasteiger partial charge on any atom is 0.333 e. The molecule has 0 bridgehead atoms. The molecule has 2 aromatic carbocycles. The summed E-state index contributed by atoms with van der Waals surface area (Å²) in [5, 5.41) is 0. The fourth-order valence-electron chi connectivity index (χ4n) is 3.77. The normalized spacial score (nSPS) is 12.9. The second-order valence-corrected chi connectivity index (χ2v) is 7.88. The largest absolute Gasteiger partial charge is 0.493 e. The Morgan fingerprint density at radius 1 is 0.757 bits per heavy atom. The van der Waals surface area contributed by atoms with E-state index in [2.05, 4.69) is 20.1 Å². The quantitative estimate of drug-likeness (QED) is 0.165. The number of hydrogen-bond donors (Lipinski definition) is 0. The zero-order chi connectivity index (χ0) is 27.4. The molecule has 2 rings (SSSR count). The van der Waals surface area contributed by atoms with Crippen molar-refractivity contribution in [2.45, 2.75) is 59.5 Å². The van der Waals surface area contributed by atoms with Gasteiger partial charge in [0.25, 0.3) is 0 Å². The van der Waals surface area contributed by atoms with Crippen molar-refractivity contribution < 1.29 is 38.0 Å². The Morgan fingerprint density at radius 3 is 1.49 bits per heavy atom. The third-order valence-corrected chi connectivity index (χ3v) is 5.23. The zero-order valence-electron chi connectivity index (χ0n) is 22.2. The minimum atomic E-state index is -0.793. The molecule has 0 fully saturated rings. The lowest BCUT2D eigenvalue weighted by Gasteiger charge is -2.24. The number of ether oxygens (including phenoxy) is 6. The molecule has 0 amide bonds. The average Bonchev–Trinajstić information content (AvgIpc) is 2.86. The molecule has 0 radical (unpaired) electrons. The Morgan fingerprint density at radius 2 is 1.16 bits per heavy atom. The van der Waals surface area contributed by atoms with Gasteiger partial charge in [-0.1, -0.05) is 32.2 Å². The van der Waals surface area contributed by atoms with Crippen LogP contribution in [0.3, 0.4) is 0 Å². The predicted octanol–water partition coefficient (Wildman–Crippen LogP) is 5.93. The summed E-state index contributed by atoms with van der Waals surface area (Å²) in [7, 11) is 0. The smallest absolute Gasteiger partial charge is 0.333 e. The average molecular weight is 513 g/mol. The van der Waals surface area contributed by atoms with E-state index in [4.69, 9.17) is 28.4 Å². The van der Waals surface area contributed by atoms with Crippen LogP contribution in [0.1, 0.15) is 58.1 Å². The van der Waals surface area contributed by atoms with Gasteiger partial charge in [0.2, 0.25) is 12.6 Å². The van der Waals surface area contributed by atoms with Gasteiger partial charge in [0.15, 0.2) is 0 Å². The molecular weight excluding hydrogens is 476 g/mol. The van der Waals surface area contributed by atoms with Gasteiger partial charge in [-0.25, -0.2) is 9.59 Å². The summed E-state index contributed by atoms with van der Waals surface area (Å²) >= 11 is 0. The number of hydrogen-bond acceptors (Lipinski definition) is 8. The number of esters is 2. The highest BCUT2D eigenvalue weighted by molar-refractivity contribution is 5.81. The van der Waals surface area contributed by atoms with E-state index < -0.39 is 24.5 Å². The van der Waals surface area contributed by atoms with E-state index in [0.29, 0.717) is 36.2 Å². The lowest BCUT2D eigenvalue weighted by atomic mass is 9.87. The van der Waals surface area contributed by atoms with Crippen molar-refractivity contribution in [3.63, 3.8) is 0 Å². The summed E-state index contributed by atoms with van der Waals surface area (Å²) in [6, 6.07) is 11.1. The molecule has 0 saturated carbocycles. The summed E-state index contributed by atoms with van der Waals surface area (Å²) in [4.78, 5) is 22.9. The Labute approximate surface area is 218 Å². The molecule has 8 heteroatoms. The molecule has 0 heterocycles. The van der Waals surface area contributed by atoms with Crippen molar-refractivity contribution in [1.29, 1.82) is 0 Å². The second kappa shape index (κ2) is 14.6. The highest BCUT2D eigenvalue weighted by Crippen LogP contribution is 2.41. The van der Waals surface area contributed by atoms with Crippen LogP contribution in [0.2, 0.25) is 0 Å². The van der Waals surface area contributed by atoms with Crippen LogP contribution in [-0.2, 0) is 19.1 Å². The van der Waals surface area contributed by atoms with Gasteiger partial charge in [-0.15, -0.1) is 0 Å². The fourth-order valence-corrected chi connectivity index (χ4v) is 3.77. The van der Waals surface area contributed by atoms with Crippen LogP contribution < -0.4 is 18.9 Å². The molecule has 200 valence electrons. The number of rotatable bonds is 15. The van der Waals surface area contributed by atoms with Gasteiger partial charge >= 0.3 is 11.9 Å². The maximum atomic E-state index is 11.5. The molecule has 0 aliphatic heterocycles. The standard InChI is InChI=1S/C29H36O8/c1-8-23(24-15-13-21(17-26(24)32-11-4)34-19(6)36-28(30)9-2)25-16-14-22(18-27(25)33-12-5)35-20(7)37-29(31)10-3/h9-10,13-20,23H,2-3,8,11-12H2,1,4-7H3. The zero-order valence-corrected chi connectivity index (χ0v) is 22.2. The number of carbonyl (C=O) groups excluding carboxylic acids is 2. The third-order valence-electron chi connectivity index (χ3n) is 5.23. The molecule has 0 saturated heterocycles. The van der Waals surface area contributed by atoms with Crippen molar-refractivity contribution in [2.24, 2.45) is 0 Å². The van der Waals surface area contributed by atoms with E-state index >= 15 is 0 Å². The molecule has 37 heavy (non-hydrogen) atoms. The van der Waals surface area contributed by atoms with Gasteiger partial charge in [0.05, 0.1) is 13.2 Å². The number of benzene rings is 2. The Hall–Kier alpha value is -3.94. The molecule has 2 atom stereocenters. The van der Waals surface area contributed by atoms with Crippen molar-refractivity contribution in [3.8, 4) is 23.0 Å². The third kappa shape index (κ3) is 8.59. The van der Waals surface area contributed by atoms with Crippen LogP contribution >= 0.6 is 0 Å². The lowest BCUT2D eigenvalue weighted by molar-refractivity contribution is -0.156. The molecule has 0 aromatic heterocycles. The fraction of sp³-hybridized carbons (Fsp3) is 0.379. The van der Waals surface area contributed by atoms with E-state index in [1.807, 2.05) is 38.1 Å². The highest BCUT2D eigenvalue weighted by atomic mass is 16.7. The maximum absolute atomic E-state index is 11.5. The Balaban J connectivity index is 2.38. The van der Waals surface area contributed by atoms with Gasteiger partial charge < -0.3 is 28.4 Å². The molecule has 0 N–H and O–H groups in total. The van der Waals surface area contributed by atoms with E-state index in [-0.39, 0.29) is 5.92 Å². The van der Waals surface area contributed by atoms with Crippen LogP contribution in [0.5, 0.6) is 23.0 Å². The Bertz CT molecular complexity index is 994. The lowest BCUT2D eigenvalue weighted by Crippen LogP contribution is -2.19. The van der Waals surface area contributed by atoms with Crippen LogP contribution in [0.25, 0.3) is 0 Å². The topological polar surface area (TPSA) is 89.5 Å². The van der Waals surface area contributed by atoms with Crippen LogP contribution in [0.4, 0.5) is 0 Å². The van der Waals surface area contributed by atoms with Gasteiger partial charge in [0.1, 0.15) is 23.0 Å². The van der Waals surface area contributed by atoms with Gasteiger partial charge in [-0.05, 0) is 32.4 Å². The summed E-state index contributed by atoms with van der Waals surface area (Å²) in [5.74, 6) is 1.13. The first-order valence-electron chi connectivity index (χ1n) is 12.3. The number of carbonyl (C=O) groups is 2. The van der Waals surface area contributed by atoms with Crippen molar-refractivity contribution in [3.05, 3.63) is 72.8 Å². The molecule has 0 aliphatic rings. The summed E-state index contributed by atoms with van der Waals surface area (Å²) in [6.07, 6.45) is 1.35. The van der Waals surface area contributed by atoms with Gasteiger partial charge in [-0.2, -0.15) is 0 Å². The van der Waals surface area contributed by atoms with Crippen LogP contribution in [0, 0.1) is 0 Å². The summed E-state index contributed by atoms with van der Waals surface area (Å²) in [6.45, 7) is 16.9. The van der Waals surface area contributed by atoms with Gasteiger partial charge in [0, 0.05) is 55.2 Å². The molecule has 8 nitrogen and oxygen atoms in total. The minimum Gasteiger partial charge on any atom is -0.493 e. The minimum absolute atomic E-state index is 0.0572. The summed E-state index contributed by atoms with van der Waals surface area (Å²) < 4.78 is 33.6. The molecule has 2 unspecified atom stereocenters. The molecular formula is C29H36O8. The molecule has 2 aromatic rings. The molecule has 0 aliphatic carbocycles. The molecule has 0 spiro atoms. The van der Waals surface area contributed by atoms with Crippen LogP contribution in [0.15, 0.2) is 61.7 Å². The van der Waals surface area contributed by atoms with Crippen LogP contribution in [-0.4, -0.2) is 37.7 Å². The first kappa shape index (κ1) is 29.3. The van der Waals surface area contributed by atoms with E-state index in [9.17, 15) is 9.59 Å². The second-order valence-electron chi connectivity index (χ2n) is 7.88. The summed E-state index contributed by atoms with van der Waals surface area (Å²) in [5.41, 5.74) is 1.91. The predicted molar refractivity (Wildman–Crippen MR) is 140 cm³/mol. The first-order valence-corrected chi connectivity index (χ1v) is 12.3. The Kier molecular flexibility index (Phi) is 11.5. The van der Waals surface area contributed by atoms with E-state index in [1.54, 1.807) is 26.0 Å². The highest BCUT2D eigenvalue weighted by Gasteiger charge is 2.23. The van der Waals surface area contributed by atoms with Crippen molar-refractivity contribution in [2.75, 3.05) is 13.2 Å². The van der Waals surface area contributed by atoms with Crippen molar-refractivity contribution >= 4 is 11.9 Å². The van der Waals surface area contributed by atoms with E-state index in [1.165, 1.54) is 0 Å². The van der Waals surface area contributed by atoms with E-state index in [0.717, 1.165) is 29.7 Å².